The summed E-state index contributed by atoms with van der Waals surface area (Å²) in [6.07, 6.45) is 0.987. The van der Waals surface area contributed by atoms with Crippen molar-refractivity contribution in [1.82, 2.24) is 9.88 Å². The molecule has 1 atom stereocenters. The number of nitrogens with one attached hydrogen (secondary N) is 1. The number of para-hydroxylation sites is 1. The molecular weight excluding hydrogens is 228 g/mol. The van der Waals surface area contributed by atoms with E-state index in [9.17, 15) is 9.59 Å². The van der Waals surface area contributed by atoms with Crippen LogP contribution < -0.4 is 5.32 Å². The summed E-state index contributed by atoms with van der Waals surface area (Å²) < 4.78 is 2.17. The van der Waals surface area contributed by atoms with Gasteiger partial charge in [-0.3, -0.25) is 14.9 Å². The normalized spacial score (nSPS) is 26.0. The van der Waals surface area contributed by atoms with Crippen LogP contribution in [0.3, 0.4) is 0 Å². The zero-order chi connectivity index (χ0) is 12.3. The van der Waals surface area contributed by atoms with Crippen LogP contribution in [0.4, 0.5) is 0 Å². The molecule has 2 aliphatic heterocycles. The molecule has 1 unspecified atom stereocenters. The number of rotatable bonds is 0. The van der Waals surface area contributed by atoms with Crippen molar-refractivity contribution in [2.45, 2.75) is 19.4 Å². The van der Waals surface area contributed by atoms with Crippen LogP contribution in [-0.2, 0) is 22.6 Å². The molecule has 1 fully saturated rings. The molecule has 0 radical (unpaired) electrons. The maximum absolute atomic E-state index is 12.0. The minimum atomic E-state index is -0.531. The Labute approximate surface area is 104 Å². The van der Waals surface area contributed by atoms with Crippen molar-refractivity contribution >= 4 is 22.7 Å². The molecule has 1 aromatic carbocycles. The van der Waals surface area contributed by atoms with Gasteiger partial charge in [0.2, 0.25) is 11.8 Å². The van der Waals surface area contributed by atoms with E-state index in [0.29, 0.717) is 19.4 Å². The highest BCUT2D eigenvalue weighted by atomic mass is 16.2. The Morgan fingerprint density at radius 2 is 2.00 bits per heavy atom. The molecule has 90 valence electrons. The zero-order valence-electron chi connectivity index (χ0n) is 9.77. The molecule has 2 aliphatic rings. The van der Waals surface area contributed by atoms with E-state index in [1.807, 2.05) is 12.1 Å². The van der Waals surface area contributed by atoms with Gasteiger partial charge in [-0.1, -0.05) is 18.2 Å². The maximum atomic E-state index is 12.0. The van der Waals surface area contributed by atoms with Gasteiger partial charge in [0.05, 0.1) is 5.41 Å². The molecular formula is C14H12N2O2. The van der Waals surface area contributed by atoms with Crippen LogP contribution in [0.2, 0.25) is 0 Å². The van der Waals surface area contributed by atoms with Crippen molar-refractivity contribution in [2.75, 3.05) is 0 Å². The molecule has 2 amide bonds. The molecule has 1 saturated heterocycles. The van der Waals surface area contributed by atoms with Gasteiger partial charge in [0.15, 0.2) is 0 Å². The van der Waals surface area contributed by atoms with Gasteiger partial charge in [0.1, 0.15) is 0 Å². The summed E-state index contributed by atoms with van der Waals surface area (Å²) in [6, 6.07) is 10.3. The summed E-state index contributed by atoms with van der Waals surface area (Å²) >= 11 is 0. The Bertz CT molecular complexity index is 701. The summed E-state index contributed by atoms with van der Waals surface area (Å²) in [5, 5.41) is 3.63. The molecule has 2 aromatic rings. The monoisotopic (exact) mass is 240 g/mol. The van der Waals surface area contributed by atoms with E-state index in [-0.39, 0.29) is 11.8 Å². The fraction of sp³-hybridized carbons (Fsp3) is 0.286. The average molecular weight is 240 g/mol. The van der Waals surface area contributed by atoms with Gasteiger partial charge >= 0.3 is 0 Å². The first-order valence-electron chi connectivity index (χ1n) is 6.09. The third-order valence-corrected chi connectivity index (χ3v) is 4.11. The number of nitrogens with zero attached hydrogens (tertiary/aromatic N) is 1. The van der Waals surface area contributed by atoms with E-state index in [1.165, 1.54) is 5.39 Å². The van der Waals surface area contributed by atoms with E-state index in [1.54, 1.807) is 0 Å². The van der Waals surface area contributed by atoms with Gasteiger partial charge in [0.25, 0.3) is 0 Å². The van der Waals surface area contributed by atoms with Gasteiger partial charge in [-0.05, 0) is 17.5 Å². The van der Waals surface area contributed by atoms with Gasteiger partial charge < -0.3 is 4.57 Å². The van der Waals surface area contributed by atoms with Crippen LogP contribution in [0, 0.1) is 5.41 Å². The Balaban J connectivity index is 1.85. The fourth-order valence-electron chi connectivity index (χ4n) is 3.27. The second-order valence-corrected chi connectivity index (χ2v) is 5.29. The predicted octanol–water partition coefficient (Wildman–Crippen LogP) is 1.23. The lowest BCUT2D eigenvalue weighted by Gasteiger charge is -2.17. The average Bonchev–Trinajstić information content (AvgIpc) is 2.91. The van der Waals surface area contributed by atoms with Crippen molar-refractivity contribution in [3.8, 4) is 0 Å². The largest absolute Gasteiger partial charge is 0.343 e. The second-order valence-electron chi connectivity index (χ2n) is 5.29. The van der Waals surface area contributed by atoms with Crippen LogP contribution in [-0.4, -0.2) is 16.4 Å². The highest BCUT2D eigenvalue weighted by molar-refractivity contribution is 6.06. The Kier molecular flexibility index (Phi) is 1.66. The lowest BCUT2D eigenvalue weighted by molar-refractivity contribution is -0.128. The molecule has 1 spiro atoms. The van der Waals surface area contributed by atoms with Crippen LogP contribution >= 0.6 is 0 Å². The minimum Gasteiger partial charge on any atom is -0.343 e. The first-order valence-corrected chi connectivity index (χ1v) is 6.09. The van der Waals surface area contributed by atoms with E-state index < -0.39 is 5.41 Å². The number of hydrogen-bond acceptors (Lipinski definition) is 2. The third kappa shape index (κ3) is 1.10. The SMILES string of the molecule is O=C1CC2(Cc3cc4ccccc4n3C2)C(=O)N1. The van der Waals surface area contributed by atoms with Gasteiger partial charge in [0, 0.05) is 30.6 Å². The zero-order valence-corrected chi connectivity index (χ0v) is 9.77. The summed E-state index contributed by atoms with van der Waals surface area (Å²) in [5.74, 6) is -0.254. The molecule has 1 N–H and O–H groups in total. The summed E-state index contributed by atoms with van der Waals surface area (Å²) in [7, 11) is 0. The summed E-state index contributed by atoms with van der Waals surface area (Å²) in [6.45, 7) is 0.618. The van der Waals surface area contributed by atoms with E-state index in [0.717, 1.165) is 11.2 Å². The standard InChI is InChI=1S/C14H12N2O2/c17-12-7-14(13(18)15-12)6-10-5-9-3-1-2-4-11(9)16(10)8-14/h1-5H,6-8H2,(H,15,17,18). The first kappa shape index (κ1) is 9.88. The van der Waals surface area contributed by atoms with Crippen LogP contribution in [0.15, 0.2) is 30.3 Å². The third-order valence-electron chi connectivity index (χ3n) is 4.11. The number of carbonyl (C=O) groups is 2. The summed E-state index contributed by atoms with van der Waals surface area (Å²) in [4.78, 5) is 23.4. The molecule has 1 aromatic heterocycles. The number of carbonyl (C=O) groups excluding carboxylic acids is 2. The lowest BCUT2D eigenvalue weighted by atomic mass is 9.84. The molecule has 4 heteroatoms. The highest BCUT2D eigenvalue weighted by Gasteiger charge is 2.50. The molecule has 0 bridgehead atoms. The predicted molar refractivity (Wildman–Crippen MR) is 65.8 cm³/mol. The van der Waals surface area contributed by atoms with Gasteiger partial charge in [-0.2, -0.15) is 0 Å². The Morgan fingerprint density at radius 3 is 2.78 bits per heavy atom. The quantitative estimate of drug-likeness (QED) is 0.704. The number of fused-ring (bicyclic) bond motifs is 3. The minimum absolute atomic E-state index is 0.111. The Hall–Kier alpha value is -2.10. The molecule has 3 heterocycles. The van der Waals surface area contributed by atoms with Crippen molar-refractivity contribution in [2.24, 2.45) is 5.41 Å². The summed E-state index contributed by atoms with van der Waals surface area (Å²) in [5.41, 5.74) is 1.77. The number of hydrogen-bond donors (Lipinski definition) is 1. The van der Waals surface area contributed by atoms with Crippen LogP contribution in [0.25, 0.3) is 10.9 Å². The number of aromatic nitrogens is 1. The van der Waals surface area contributed by atoms with E-state index >= 15 is 0 Å². The molecule has 0 aliphatic carbocycles. The van der Waals surface area contributed by atoms with Crippen molar-refractivity contribution in [1.29, 1.82) is 0 Å². The fourth-order valence-corrected chi connectivity index (χ4v) is 3.27. The number of imide groups is 1. The second kappa shape index (κ2) is 3.02. The smallest absolute Gasteiger partial charge is 0.235 e. The van der Waals surface area contributed by atoms with Crippen molar-refractivity contribution < 1.29 is 9.59 Å². The van der Waals surface area contributed by atoms with E-state index in [4.69, 9.17) is 0 Å². The first-order chi connectivity index (χ1) is 8.68. The highest BCUT2D eigenvalue weighted by Crippen LogP contribution is 2.41. The molecule has 0 saturated carbocycles. The number of amides is 2. The van der Waals surface area contributed by atoms with Crippen molar-refractivity contribution in [3.05, 3.63) is 36.0 Å². The lowest BCUT2D eigenvalue weighted by Crippen LogP contribution is -2.32. The van der Waals surface area contributed by atoms with Gasteiger partial charge in [-0.15, -0.1) is 0 Å². The molecule has 4 rings (SSSR count). The topological polar surface area (TPSA) is 51.1 Å². The molecule has 18 heavy (non-hydrogen) atoms. The Morgan fingerprint density at radius 1 is 1.17 bits per heavy atom. The van der Waals surface area contributed by atoms with Crippen LogP contribution in [0.5, 0.6) is 0 Å². The van der Waals surface area contributed by atoms with Gasteiger partial charge in [-0.25, -0.2) is 0 Å². The van der Waals surface area contributed by atoms with Crippen LogP contribution in [0.1, 0.15) is 12.1 Å². The van der Waals surface area contributed by atoms with Crippen molar-refractivity contribution in [3.63, 3.8) is 0 Å². The number of benzene rings is 1. The van der Waals surface area contributed by atoms with E-state index in [2.05, 4.69) is 28.1 Å². The maximum Gasteiger partial charge on any atom is 0.235 e. The molecule has 4 nitrogen and oxygen atoms in total.